The number of hydrogen-bond donors (Lipinski definition) is 2. The van der Waals surface area contributed by atoms with Crippen LogP contribution in [0.2, 0.25) is 0 Å². The fourth-order valence-corrected chi connectivity index (χ4v) is 2.93. The molecule has 1 aromatic carbocycles. The minimum absolute atomic E-state index is 0.373. The summed E-state index contributed by atoms with van der Waals surface area (Å²) in [6, 6.07) is 5.72. The van der Waals surface area contributed by atoms with Crippen molar-refractivity contribution in [2.24, 2.45) is 0 Å². The van der Waals surface area contributed by atoms with Crippen molar-refractivity contribution in [2.45, 2.75) is 32.0 Å². The summed E-state index contributed by atoms with van der Waals surface area (Å²) in [6.45, 7) is 3.97. The second-order valence-electron chi connectivity index (χ2n) is 5.87. The van der Waals surface area contributed by atoms with Crippen molar-refractivity contribution in [2.75, 3.05) is 40.5 Å². The van der Waals surface area contributed by atoms with E-state index >= 15 is 0 Å². The van der Waals surface area contributed by atoms with Gasteiger partial charge in [-0.1, -0.05) is 6.07 Å². The molecule has 2 rings (SSSR count). The molecule has 1 aliphatic heterocycles. The van der Waals surface area contributed by atoms with Crippen LogP contribution in [0.3, 0.4) is 0 Å². The number of aliphatic hydroxyl groups excluding tert-OH is 1. The van der Waals surface area contributed by atoms with Crippen LogP contribution >= 0.6 is 0 Å². The normalized spacial score (nSPS) is 17.2. The minimum Gasteiger partial charge on any atom is -0.493 e. The van der Waals surface area contributed by atoms with Crippen LogP contribution in [0, 0.1) is 0 Å². The van der Waals surface area contributed by atoms with Crippen molar-refractivity contribution in [3.63, 3.8) is 0 Å². The Hall–Kier alpha value is -1.30. The average molecular weight is 310 g/mol. The molecule has 0 spiro atoms. The highest BCUT2D eigenvalue weighted by atomic mass is 16.5. The van der Waals surface area contributed by atoms with Gasteiger partial charge in [0.2, 0.25) is 0 Å². The molecule has 1 aromatic rings. The molecule has 0 radical (unpaired) electrons. The van der Waals surface area contributed by atoms with Crippen molar-refractivity contribution < 1.29 is 24.2 Å². The molecular formula is C17H28NO4+. The zero-order valence-electron chi connectivity index (χ0n) is 13.6. The number of hydrogen-bond acceptors (Lipinski definition) is 4. The van der Waals surface area contributed by atoms with E-state index in [9.17, 15) is 5.11 Å². The number of aliphatic hydroxyl groups is 1. The van der Waals surface area contributed by atoms with E-state index < -0.39 is 6.10 Å². The number of methoxy groups -OCH3 is 2. The molecule has 22 heavy (non-hydrogen) atoms. The number of rotatable bonds is 8. The second kappa shape index (κ2) is 8.98. The summed E-state index contributed by atoms with van der Waals surface area (Å²) in [5.74, 6) is 1.40. The zero-order valence-corrected chi connectivity index (χ0v) is 13.6. The van der Waals surface area contributed by atoms with Crippen LogP contribution in [0.1, 0.15) is 24.8 Å². The molecule has 1 saturated heterocycles. The largest absolute Gasteiger partial charge is 0.493 e. The fraction of sp³-hybridized carbons (Fsp3) is 0.647. The first-order valence-electron chi connectivity index (χ1n) is 8.03. The minimum atomic E-state index is -0.395. The highest BCUT2D eigenvalue weighted by Crippen LogP contribution is 2.27. The predicted molar refractivity (Wildman–Crippen MR) is 84.6 cm³/mol. The number of nitrogens with one attached hydrogen (secondary N) is 1. The highest BCUT2D eigenvalue weighted by molar-refractivity contribution is 5.42. The molecule has 0 aliphatic carbocycles. The van der Waals surface area contributed by atoms with E-state index in [1.165, 1.54) is 37.3 Å². The summed E-state index contributed by atoms with van der Waals surface area (Å²) >= 11 is 0. The van der Waals surface area contributed by atoms with Gasteiger partial charge in [-0.25, -0.2) is 0 Å². The van der Waals surface area contributed by atoms with Crippen LogP contribution in [-0.2, 0) is 11.3 Å². The Labute approximate surface area is 132 Å². The monoisotopic (exact) mass is 310 g/mol. The van der Waals surface area contributed by atoms with Crippen molar-refractivity contribution in [1.82, 2.24) is 0 Å². The number of piperidine rings is 1. The Balaban J connectivity index is 1.73. The maximum absolute atomic E-state index is 10.1. The summed E-state index contributed by atoms with van der Waals surface area (Å²) < 4.78 is 16.1. The number of ether oxygens (including phenoxy) is 3. The summed E-state index contributed by atoms with van der Waals surface area (Å²) in [6.07, 6.45) is 3.48. The molecule has 1 atom stereocenters. The third-order valence-electron chi connectivity index (χ3n) is 4.11. The lowest BCUT2D eigenvalue weighted by Crippen LogP contribution is -3.14. The highest BCUT2D eigenvalue weighted by Gasteiger charge is 2.18. The van der Waals surface area contributed by atoms with Gasteiger partial charge in [0.15, 0.2) is 11.5 Å². The van der Waals surface area contributed by atoms with Gasteiger partial charge in [-0.2, -0.15) is 0 Å². The lowest BCUT2D eigenvalue weighted by Gasteiger charge is -2.25. The van der Waals surface area contributed by atoms with E-state index in [1.807, 2.05) is 18.2 Å². The Morgan fingerprint density at radius 1 is 1.09 bits per heavy atom. The van der Waals surface area contributed by atoms with Gasteiger partial charge >= 0.3 is 0 Å². The van der Waals surface area contributed by atoms with Crippen LogP contribution in [0.5, 0.6) is 11.5 Å². The summed E-state index contributed by atoms with van der Waals surface area (Å²) in [5, 5.41) is 10.1. The Morgan fingerprint density at radius 3 is 2.50 bits per heavy atom. The smallest absolute Gasteiger partial charge is 0.161 e. The molecule has 1 aliphatic rings. The summed E-state index contributed by atoms with van der Waals surface area (Å²) in [5.41, 5.74) is 1.01. The Bertz CT molecular complexity index is 446. The van der Waals surface area contributed by atoms with Gasteiger partial charge in [0.05, 0.1) is 40.5 Å². The molecule has 5 nitrogen and oxygen atoms in total. The van der Waals surface area contributed by atoms with Gasteiger partial charge in [0, 0.05) is 0 Å². The number of benzene rings is 1. The van der Waals surface area contributed by atoms with Gasteiger partial charge in [-0.15, -0.1) is 0 Å². The summed E-state index contributed by atoms with van der Waals surface area (Å²) in [4.78, 5) is 1.49. The zero-order chi connectivity index (χ0) is 15.8. The van der Waals surface area contributed by atoms with Crippen LogP contribution in [0.25, 0.3) is 0 Å². The fourth-order valence-electron chi connectivity index (χ4n) is 2.93. The van der Waals surface area contributed by atoms with Gasteiger partial charge in [0.1, 0.15) is 12.6 Å². The SMILES string of the molecule is COc1ccc(COCC(O)C[NH+]2CCCCC2)cc1OC. The molecule has 124 valence electrons. The predicted octanol–water partition coefficient (Wildman–Crippen LogP) is 0.650. The third-order valence-corrected chi connectivity index (χ3v) is 4.11. The Morgan fingerprint density at radius 2 is 1.82 bits per heavy atom. The molecule has 0 bridgehead atoms. The first-order valence-corrected chi connectivity index (χ1v) is 8.03. The van der Waals surface area contributed by atoms with Crippen molar-refractivity contribution in [3.05, 3.63) is 23.8 Å². The molecular weight excluding hydrogens is 282 g/mol. The van der Waals surface area contributed by atoms with Crippen LogP contribution in [0.4, 0.5) is 0 Å². The lowest BCUT2D eigenvalue weighted by atomic mass is 10.1. The first-order chi connectivity index (χ1) is 10.7. The summed E-state index contributed by atoms with van der Waals surface area (Å²) in [7, 11) is 3.24. The molecule has 1 fully saturated rings. The lowest BCUT2D eigenvalue weighted by molar-refractivity contribution is -0.908. The maximum atomic E-state index is 10.1. The van der Waals surface area contributed by atoms with E-state index in [4.69, 9.17) is 14.2 Å². The standard InChI is InChI=1S/C17H27NO4/c1-20-16-7-6-14(10-17(16)21-2)12-22-13-15(19)11-18-8-4-3-5-9-18/h6-7,10,15,19H,3-5,8-9,11-13H2,1-2H3/p+1. The van der Waals surface area contributed by atoms with Gasteiger partial charge in [0.25, 0.3) is 0 Å². The number of likely N-dealkylation sites (tertiary alicyclic amines) is 1. The Kier molecular flexibility index (Phi) is 6.96. The molecule has 0 saturated carbocycles. The van der Waals surface area contributed by atoms with Crippen LogP contribution < -0.4 is 14.4 Å². The first kappa shape index (κ1) is 17.1. The quantitative estimate of drug-likeness (QED) is 0.740. The third kappa shape index (κ3) is 5.16. The molecule has 0 aromatic heterocycles. The second-order valence-corrected chi connectivity index (χ2v) is 5.87. The van der Waals surface area contributed by atoms with Crippen molar-refractivity contribution in [1.29, 1.82) is 0 Å². The molecule has 1 heterocycles. The van der Waals surface area contributed by atoms with Crippen LogP contribution in [-0.4, -0.2) is 51.7 Å². The van der Waals surface area contributed by atoms with Crippen LogP contribution in [0.15, 0.2) is 18.2 Å². The molecule has 0 amide bonds. The van der Waals surface area contributed by atoms with Crippen molar-refractivity contribution >= 4 is 0 Å². The van der Waals surface area contributed by atoms with E-state index in [1.54, 1.807) is 14.2 Å². The van der Waals surface area contributed by atoms with Gasteiger partial charge in [-0.3, -0.25) is 0 Å². The van der Waals surface area contributed by atoms with E-state index in [0.717, 1.165) is 12.1 Å². The van der Waals surface area contributed by atoms with Gasteiger partial charge in [-0.05, 0) is 37.0 Å². The van der Waals surface area contributed by atoms with E-state index in [0.29, 0.717) is 24.7 Å². The molecule has 2 N–H and O–H groups in total. The van der Waals surface area contributed by atoms with Gasteiger partial charge < -0.3 is 24.2 Å². The topological polar surface area (TPSA) is 52.4 Å². The molecule has 1 unspecified atom stereocenters. The van der Waals surface area contributed by atoms with E-state index in [-0.39, 0.29) is 0 Å². The maximum Gasteiger partial charge on any atom is 0.161 e. The van der Waals surface area contributed by atoms with Crippen molar-refractivity contribution in [3.8, 4) is 11.5 Å². The van der Waals surface area contributed by atoms with E-state index in [2.05, 4.69) is 0 Å². The number of quaternary nitrogens is 1. The average Bonchev–Trinajstić information content (AvgIpc) is 2.55. The molecule has 5 heteroatoms.